The third-order valence-electron chi connectivity index (χ3n) is 2.93. The molecule has 2 aromatic rings. The van der Waals surface area contributed by atoms with E-state index in [0.29, 0.717) is 6.42 Å². The number of nitrogens with one attached hydrogen (secondary N) is 1. The summed E-state index contributed by atoms with van der Waals surface area (Å²) in [5, 5.41) is 8.07. The molecule has 0 fully saturated rings. The van der Waals surface area contributed by atoms with Crippen LogP contribution in [0.25, 0.3) is 0 Å². The smallest absolute Gasteiger partial charge is 0.157 e. The van der Waals surface area contributed by atoms with Gasteiger partial charge in [0.1, 0.15) is 0 Å². The lowest BCUT2D eigenvalue weighted by atomic mass is 10.2. The van der Waals surface area contributed by atoms with Crippen LogP contribution in [0, 0.1) is 0 Å². The van der Waals surface area contributed by atoms with Crippen LogP contribution in [-0.2, 0) is 16.3 Å². The molecular formula is C12H16N2O2S2. The monoisotopic (exact) mass is 284 g/mol. The summed E-state index contributed by atoms with van der Waals surface area (Å²) in [7, 11) is -3.06. The molecule has 1 N–H and O–H groups in total. The number of H-pyrrole nitrogens is 1. The van der Waals surface area contributed by atoms with E-state index in [1.807, 2.05) is 17.5 Å². The van der Waals surface area contributed by atoms with Crippen molar-refractivity contribution >= 4 is 21.2 Å². The average molecular weight is 284 g/mol. The Bertz CT molecular complexity index is 559. The van der Waals surface area contributed by atoms with Crippen LogP contribution in [0.1, 0.15) is 29.0 Å². The van der Waals surface area contributed by atoms with Gasteiger partial charge < -0.3 is 0 Å². The fourth-order valence-corrected chi connectivity index (χ4v) is 4.37. The van der Waals surface area contributed by atoms with Crippen molar-refractivity contribution in [2.24, 2.45) is 0 Å². The second kappa shape index (κ2) is 5.67. The normalized spacial score (nSPS) is 13.6. The van der Waals surface area contributed by atoms with Gasteiger partial charge in [-0.3, -0.25) is 5.10 Å². The minimum Gasteiger partial charge on any atom is -0.285 e. The number of sulfone groups is 1. The van der Waals surface area contributed by atoms with Gasteiger partial charge >= 0.3 is 0 Å². The van der Waals surface area contributed by atoms with Gasteiger partial charge in [-0.1, -0.05) is 6.07 Å². The minimum atomic E-state index is -3.06. The zero-order chi connectivity index (χ0) is 13.0. The Balaban J connectivity index is 1.91. The zero-order valence-corrected chi connectivity index (χ0v) is 11.8. The van der Waals surface area contributed by atoms with E-state index in [-0.39, 0.29) is 5.75 Å². The van der Waals surface area contributed by atoms with E-state index in [4.69, 9.17) is 0 Å². The highest BCUT2D eigenvalue weighted by molar-refractivity contribution is 7.91. The molecule has 0 unspecified atom stereocenters. The van der Waals surface area contributed by atoms with Gasteiger partial charge in [0.05, 0.1) is 17.2 Å². The lowest BCUT2D eigenvalue weighted by Crippen LogP contribution is -2.14. The summed E-state index contributed by atoms with van der Waals surface area (Å²) in [6, 6.07) is 3.76. The lowest BCUT2D eigenvalue weighted by Gasteiger charge is -2.10. The van der Waals surface area contributed by atoms with Crippen LogP contribution in [0.3, 0.4) is 0 Å². The Hall–Kier alpha value is -1.14. The first-order valence-corrected chi connectivity index (χ1v) is 8.42. The van der Waals surface area contributed by atoms with Gasteiger partial charge in [0.15, 0.2) is 9.84 Å². The number of aromatic amines is 1. The van der Waals surface area contributed by atoms with Crippen LogP contribution >= 0.6 is 11.3 Å². The Morgan fingerprint density at radius 1 is 1.50 bits per heavy atom. The summed E-state index contributed by atoms with van der Waals surface area (Å²) in [5.74, 6) is 0.219. The molecule has 2 rings (SSSR count). The predicted molar refractivity (Wildman–Crippen MR) is 73.4 cm³/mol. The number of nitrogens with zero attached hydrogens (tertiary/aromatic N) is 1. The van der Waals surface area contributed by atoms with Gasteiger partial charge in [0.25, 0.3) is 0 Å². The summed E-state index contributed by atoms with van der Waals surface area (Å²) in [4.78, 5) is 0.915. The number of hydrogen-bond donors (Lipinski definition) is 1. The maximum Gasteiger partial charge on any atom is 0.157 e. The van der Waals surface area contributed by atoms with Crippen LogP contribution in [-0.4, -0.2) is 24.4 Å². The summed E-state index contributed by atoms with van der Waals surface area (Å²) in [6.07, 6.45) is 4.91. The molecule has 1 atom stereocenters. The van der Waals surface area contributed by atoms with Gasteiger partial charge in [0, 0.05) is 11.1 Å². The molecule has 6 heteroatoms. The lowest BCUT2D eigenvalue weighted by molar-refractivity contribution is 0.584. The molecule has 0 saturated heterocycles. The SMILES string of the molecule is C[C@H](c1cccs1)S(=O)(=O)CCCc1cn[nH]c1. The van der Waals surface area contributed by atoms with Crippen LogP contribution in [0.2, 0.25) is 0 Å². The first-order chi connectivity index (χ1) is 8.59. The summed E-state index contributed by atoms with van der Waals surface area (Å²) < 4.78 is 24.3. The van der Waals surface area contributed by atoms with Crippen LogP contribution in [0.15, 0.2) is 29.9 Å². The number of thiophene rings is 1. The van der Waals surface area contributed by atoms with Crippen molar-refractivity contribution < 1.29 is 8.42 Å². The van der Waals surface area contributed by atoms with Crippen molar-refractivity contribution in [3.8, 4) is 0 Å². The number of hydrogen-bond acceptors (Lipinski definition) is 4. The molecule has 0 amide bonds. The Morgan fingerprint density at radius 2 is 2.33 bits per heavy atom. The molecule has 2 aromatic heterocycles. The first-order valence-electron chi connectivity index (χ1n) is 5.82. The van der Waals surface area contributed by atoms with Crippen LogP contribution in [0.5, 0.6) is 0 Å². The molecule has 0 spiro atoms. The molecule has 4 nitrogen and oxygen atoms in total. The molecule has 0 aromatic carbocycles. The summed E-state index contributed by atoms with van der Waals surface area (Å²) >= 11 is 1.49. The molecule has 18 heavy (non-hydrogen) atoms. The molecule has 0 bridgehead atoms. The third-order valence-corrected chi connectivity index (χ3v) is 6.32. The number of rotatable bonds is 6. The van der Waals surface area contributed by atoms with E-state index in [0.717, 1.165) is 16.9 Å². The maximum atomic E-state index is 12.1. The summed E-state index contributed by atoms with van der Waals surface area (Å²) in [6.45, 7) is 1.76. The fourth-order valence-electron chi connectivity index (χ4n) is 1.77. The second-order valence-electron chi connectivity index (χ2n) is 4.23. The molecule has 0 aliphatic rings. The van der Waals surface area contributed by atoms with Crippen LogP contribution in [0.4, 0.5) is 0 Å². The average Bonchev–Trinajstić information content (AvgIpc) is 3.00. The van der Waals surface area contributed by atoms with Gasteiger partial charge in [-0.05, 0) is 36.8 Å². The molecule has 0 radical (unpaired) electrons. The summed E-state index contributed by atoms with van der Waals surface area (Å²) in [5.41, 5.74) is 1.05. The Morgan fingerprint density at radius 3 is 2.94 bits per heavy atom. The van der Waals surface area contributed by atoms with Gasteiger partial charge in [0.2, 0.25) is 0 Å². The highest BCUT2D eigenvalue weighted by atomic mass is 32.2. The first kappa shape index (κ1) is 13.3. The van der Waals surface area contributed by atoms with Crippen molar-refractivity contribution in [3.05, 3.63) is 40.3 Å². The second-order valence-corrected chi connectivity index (χ2v) is 7.66. The van der Waals surface area contributed by atoms with E-state index in [2.05, 4.69) is 10.2 Å². The maximum absolute atomic E-state index is 12.1. The van der Waals surface area contributed by atoms with Gasteiger partial charge in [-0.25, -0.2) is 8.42 Å². The Labute approximate surface area is 111 Å². The van der Waals surface area contributed by atoms with Crippen molar-refractivity contribution in [3.63, 3.8) is 0 Å². The molecule has 0 aliphatic carbocycles. The minimum absolute atomic E-state index is 0.219. The van der Waals surface area contributed by atoms with Gasteiger partial charge in [-0.2, -0.15) is 5.10 Å². The van der Waals surface area contributed by atoms with E-state index in [1.54, 1.807) is 19.3 Å². The van der Waals surface area contributed by atoms with E-state index < -0.39 is 15.1 Å². The van der Waals surface area contributed by atoms with Gasteiger partial charge in [-0.15, -0.1) is 11.3 Å². The largest absolute Gasteiger partial charge is 0.285 e. The van der Waals surface area contributed by atoms with Crippen molar-refractivity contribution in [2.45, 2.75) is 25.0 Å². The van der Waals surface area contributed by atoms with E-state index in [9.17, 15) is 8.42 Å². The zero-order valence-electron chi connectivity index (χ0n) is 10.2. The topological polar surface area (TPSA) is 62.8 Å². The fraction of sp³-hybridized carbons (Fsp3) is 0.417. The molecule has 98 valence electrons. The van der Waals surface area contributed by atoms with E-state index in [1.165, 1.54) is 11.3 Å². The molecule has 0 saturated carbocycles. The molecular weight excluding hydrogens is 268 g/mol. The predicted octanol–water partition coefficient (Wildman–Crippen LogP) is 2.58. The van der Waals surface area contributed by atoms with Crippen LogP contribution < -0.4 is 0 Å². The molecule has 2 heterocycles. The Kier molecular flexibility index (Phi) is 4.19. The standard InChI is InChI=1S/C12H16N2O2S2/c1-10(12-5-2-6-17-12)18(15,16)7-3-4-11-8-13-14-9-11/h2,5-6,8-10H,3-4,7H2,1H3,(H,13,14)/t10-/m1/s1. The van der Waals surface area contributed by atoms with Crippen molar-refractivity contribution in [1.29, 1.82) is 0 Å². The molecule has 0 aliphatic heterocycles. The van der Waals surface area contributed by atoms with E-state index >= 15 is 0 Å². The third kappa shape index (κ3) is 3.20. The number of aromatic nitrogens is 2. The highest BCUT2D eigenvalue weighted by Gasteiger charge is 2.22. The van der Waals surface area contributed by atoms with Crippen molar-refractivity contribution in [2.75, 3.05) is 5.75 Å². The van der Waals surface area contributed by atoms with Crippen molar-refractivity contribution in [1.82, 2.24) is 10.2 Å². The highest BCUT2D eigenvalue weighted by Crippen LogP contribution is 2.27. The quantitative estimate of drug-likeness (QED) is 0.886. The number of aryl methyl sites for hydroxylation is 1.